The zero-order valence-electron chi connectivity index (χ0n) is 17.3. The largest absolute Gasteiger partial charge is 0.489 e. The van der Waals surface area contributed by atoms with Crippen LogP contribution in [0.4, 0.5) is 21.6 Å². The highest BCUT2D eigenvalue weighted by atomic mass is 35.5. The number of hydrogen-bond acceptors (Lipinski definition) is 5. The maximum atomic E-state index is 13.5. The molecule has 2 heterocycles. The van der Waals surface area contributed by atoms with Gasteiger partial charge in [-0.1, -0.05) is 41.9 Å². The number of carbonyl (C=O) groups excluding carboxylic acids is 1. The van der Waals surface area contributed by atoms with Crippen molar-refractivity contribution in [2.45, 2.75) is 0 Å². The minimum atomic E-state index is -0.501. The summed E-state index contributed by atoms with van der Waals surface area (Å²) in [7, 11) is 0. The van der Waals surface area contributed by atoms with Crippen molar-refractivity contribution in [1.82, 2.24) is 9.97 Å². The lowest BCUT2D eigenvalue weighted by Gasteiger charge is -2.29. The molecule has 5 rings (SSSR count). The van der Waals surface area contributed by atoms with Crippen LogP contribution in [0, 0.1) is 5.82 Å². The van der Waals surface area contributed by atoms with Crippen LogP contribution in [0.3, 0.4) is 0 Å². The van der Waals surface area contributed by atoms with Crippen LogP contribution < -0.4 is 15.0 Å². The third-order valence-electron chi connectivity index (χ3n) is 5.25. The molecular weight excluding hydrogens is 443 g/mol. The Labute approximate surface area is 194 Å². The second-order valence-electron chi connectivity index (χ2n) is 7.40. The predicted octanol–water partition coefficient (Wildman–Crippen LogP) is 5.60. The third-order valence-corrected chi connectivity index (χ3v) is 5.54. The third kappa shape index (κ3) is 4.36. The van der Waals surface area contributed by atoms with Crippen molar-refractivity contribution in [3.8, 4) is 5.75 Å². The lowest BCUT2D eigenvalue weighted by atomic mass is 10.1. The summed E-state index contributed by atoms with van der Waals surface area (Å²) in [6.45, 7) is 0.800. The van der Waals surface area contributed by atoms with E-state index >= 15 is 0 Å². The van der Waals surface area contributed by atoms with E-state index in [2.05, 4.69) is 15.3 Å². The molecule has 0 bridgehead atoms. The molecule has 33 heavy (non-hydrogen) atoms. The van der Waals surface area contributed by atoms with Gasteiger partial charge in [0.05, 0.1) is 22.8 Å². The molecule has 0 spiro atoms. The van der Waals surface area contributed by atoms with Gasteiger partial charge in [0.1, 0.15) is 30.3 Å². The first-order valence-corrected chi connectivity index (χ1v) is 10.6. The standard InChI is InChI=1S/C25H18ClFN4O2/c26-19-12-17(7-8-20(19)27)30-25-18-13-22-23(14-21(18)28-15-29-25)33-11-10-31(22)24(32)9-6-16-4-2-1-3-5-16/h1-9,12-15H,10-11H2,(H,28,29,30)/b9-6+. The molecule has 6 nitrogen and oxygen atoms in total. The zero-order valence-corrected chi connectivity index (χ0v) is 18.1. The van der Waals surface area contributed by atoms with Crippen molar-refractivity contribution in [3.05, 3.63) is 89.5 Å². The summed E-state index contributed by atoms with van der Waals surface area (Å²) in [6.07, 6.45) is 4.76. The minimum absolute atomic E-state index is 0.00566. The van der Waals surface area contributed by atoms with E-state index in [1.165, 1.54) is 18.5 Å². The van der Waals surface area contributed by atoms with Crippen LogP contribution in [0.5, 0.6) is 5.75 Å². The fourth-order valence-electron chi connectivity index (χ4n) is 3.63. The molecule has 0 atom stereocenters. The number of anilines is 3. The zero-order chi connectivity index (χ0) is 22.8. The number of benzene rings is 3. The van der Waals surface area contributed by atoms with Crippen LogP contribution in [0.15, 0.2) is 73.1 Å². The van der Waals surface area contributed by atoms with Gasteiger partial charge in [0, 0.05) is 23.2 Å². The van der Waals surface area contributed by atoms with Gasteiger partial charge < -0.3 is 15.0 Å². The number of hydrogen-bond donors (Lipinski definition) is 1. The number of rotatable bonds is 4. The molecule has 0 fully saturated rings. The van der Waals surface area contributed by atoms with Crippen molar-refractivity contribution in [2.75, 3.05) is 23.4 Å². The van der Waals surface area contributed by atoms with Gasteiger partial charge in [-0.25, -0.2) is 14.4 Å². The Balaban J connectivity index is 1.50. The van der Waals surface area contributed by atoms with Crippen LogP contribution in [0.2, 0.25) is 5.02 Å². The molecule has 164 valence electrons. The van der Waals surface area contributed by atoms with Crippen LogP contribution in [-0.4, -0.2) is 29.0 Å². The molecule has 1 N–H and O–H groups in total. The van der Waals surface area contributed by atoms with Crippen molar-refractivity contribution in [3.63, 3.8) is 0 Å². The predicted molar refractivity (Wildman–Crippen MR) is 128 cm³/mol. The SMILES string of the molecule is O=C(/C=C/c1ccccc1)N1CCOc2cc3ncnc(Nc4ccc(F)c(Cl)c4)c3cc21. The molecule has 8 heteroatoms. The molecule has 0 saturated heterocycles. The second-order valence-corrected chi connectivity index (χ2v) is 7.80. The second kappa shape index (κ2) is 8.88. The number of carbonyl (C=O) groups is 1. The summed E-state index contributed by atoms with van der Waals surface area (Å²) in [5.41, 5.74) is 2.80. The first kappa shape index (κ1) is 20.9. The Kier molecular flexibility index (Phi) is 5.62. The fraction of sp³-hybridized carbons (Fsp3) is 0.0800. The number of nitrogens with one attached hydrogen (secondary N) is 1. The number of fused-ring (bicyclic) bond motifs is 2. The number of aromatic nitrogens is 2. The fourth-order valence-corrected chi connectivity index (χ4v) is 3.81. The Morgan fingerprint density at radius 2 is 1.97 bits per heavy atom. The van der Waals surface area contributed by atoms with E-state index in [4.69, 9.17) is 16.3 Å². The summed E-state index contributed by atoms with van der Waals surface area (Å²) in [5, 5.41) is 3.84. The Morgan fingerprint density at radius 3 is 2.79 bits per heavy atom. The first-order chi connectivity index (χ1) is 16.1. The van der Waals surface area contributed by atoms with Gasteiger partial charge in [0.2, 0.25) is 0 Å². The van der Waals surface area contributed by atoms with Gasteiger partial charge >= 0.3 is 0 Å². The van der Waals surface area contributed by atoms with Gasteiger partial charge in [-0.2, -0.15) is 0 Å². The molecule has 4 aromatic rings. The van der Waals surface area contributed by atoms with E-state index in [9.17, 15) is 9.18 Å². The average molecular weight is 461 g/mol. The van der Waals surface area contributed by atoms with Gasteiger partial charge in [-0.15, -0.1) is 0 Å². The van der Waals surface area contributed by atoms with E-state index < -0.39 is 5.82 Å². The number of nitrogens with zero attached hydrogens (tertiary/aromatic N) is 3. The van der Waals surface area contributed by atoms with E-state index in [0.717, 1.165) is 5.56 Å². The molecule has 0 radical (unpaired) electrons. The van der Waals surface area contributed by atoms with Gasteiger partial charge in [-0.05, 0) is 35.9 Å². The van der Waals surface area contributed by atoms with Gasteiger partial charge in [0.15, 0.2) is 0 Å². The molecule has 1 aliphatic heterocycles. The lowest BCUT2D eigenvalue weighted by molar-refractivity contribution is -0.114. The summed E-state index contributed by atoms with van der Waals surface area (Å²) in [4.78, 5) is 23.3. The summed E-state index contributed by atoms with van der Waals surface area (Å²) >= 11 is 5.91. The number of amides is 1. The number of ether oxygens (including phenoxy) is 1. The van der Waals surface area contributed by atoms with Crippen LogP contribution in [0.1, 0.15) is 5.56 Å². The monoisotopic (exact) mass is 460 g/mol. The van der Waals surface area contributed by atoms with Crippen molar-refractivity contribution >= 4 is 51.7 Å². The van der Waals surface area contributed by atoms with E-state index in [-0.39, 0.29) is 10.9 Å². The molecule has 0 aliphatic carbocycles. The normalized spacial score (nSPS) is 13.1. The van der Waals surface area contributed by atoms with Gasteiger partial charge in [0.25, 0.3) is 5.91 Å². The Morgan fingerprint density at radius 1 is 1.12 bits per heavy atom. The highest BCUT2D eigenvalue weighted by molar-refractivity contribution is 6.31. The average Bonchev–Trinajstić information content (AvgIpc) is 2.84. The quantitative estimate of drug-likeness (QED) is 0.401. The molecule has 0 unspecified atom stereocenters. The maximum Gasteiger partial charge on any atom is 0.251 e. The Bertz CT molecular complexity index is 1380. The smallest absolute Gasteiger partial charge is 0.251 e. The van der Waals surface area contributed by atoms with Crippen molar-refractivity contribution in [1.29, 1.82) is 0 Å². The Hall–Kier alpha value is -3.97. The molecule has 1 aromatic heterocycles. The topological polar surface area (TPSA) is 67.4 Å². The molecular formula is C25H18ClFN4O2. The minimum Gasteiger partial charge on any atom is -0.489 e. The molecule has 3 aromatic carbocycles. The van der Waals surface area contributed by atoms with E-state index in [1.807, 2.05) is 36.4 Å². The van der Waals surface area contributed by atoms with Crippen LogP contribution in [0.25, 0.3) is 17.0 Å². The first-order valence-electron chi connectivity index (χ1n) is 10.3. The molecule has 0 saturated carbocycles. The van der Waals surface area contributed by atoms with Crippen LogP contribution >= 0.6 is 11.6 Å². The van der Waals surface area contributed by atoms with Crippen molar-refractivity contribution < 1.29 is 13.9 Å². The van der Waals surface area contributed by atoms with Crippen LogP contribution in [-0.2, 0) is 4.79 Å². The molecule has 1 aliphatic rings. The maximum absolute atomic E-state index is 13.5. The highest BCUT2D eigenvalue weighted by Gasteiger charge is 2.24. The highest BCUT2D eigenvalue weighted by Crippen LogP contribution is 2.37. The van der Waals surface area contributed by atoms with E-state index in [1.54, 1.807) is 29.2 Å². The van der Waals surface area contributed by atoms with Crippen molar-refractivity contribution in [2.24, 2.45) is 0 Å². The van der Waals surface area contributed by atoms with E-state index in [0.29, 0.717) is 47.0 Å². The van der Waals surface area contributed by atoms with Gasteiger partial charge in [-0.3, -0.25) is 4.79 Å². The summed E-state index contributed by atoms with van der Waals surface area (Å²) in [5.74, 6) is 0.422. The summed E-state index contributed by atoms with van der Waals surface area (Å²) in [6, 6.07) is 17.6. The lowest BCUT2D eigenvalue weighted by Crippen LogP contribution is -2.36. The summed E-state index contributed by atoms with van der Waals surface area (Å²) < 4.78 is 19.3. The molecule has 1 amide bonds. The number of halogens is 2.